The van der Waals surface area contributed by atoms with Crippen LogP contribution in [-0.2, 0) is 4.74 Å². The Labute approximate surface area is 76.9 Å². The van der Waals surface area contributed by atoms with Crippen LogP contribution in [0.4, 0.5) is 0 Å². The van der Waals surface area contributed by atoms with Crippen molar-refractivity contribution in [3.05, 3.63) is 0 Å². The molecule has 12 heavy (non-hydrogen) atoms. The molecule has 0 amide bonds. The highest BCUT2D eigenvalue weighted by atomic mass is 16.5. The molecule has 1 heterocycles. The van der Waals surface area contributed by atoms with E-state index in [-0.39, 0.29) is 5.60 Å². The molecule has 0 aliphatic carbocycles. The zero-order valence-corrected chi connectivity index (χ0v) is 9.18. The number of hydrogen-bond acceptors (Lipinski definition) is 2. The Bertz CT molecular complexity index is 112. The first kappa shape index (κ1) is 11.9. The predicted octanol–water partition coefficient (Wildman–Crippen LogP) is 2.14. The van der Waals surface area contributed by atoms with Crippen molar-refractivity contribution in [2.45, 2.75) is 39.7 Å². The largest absolute Gasteiger partial charge is 0.374 e. The van der Waals surface area contributed by atoms with Gasteiger partial charge in [0.1, 0.15) is 0 Å². The second-order valence-electron chi connectivity index (χ2n) is 3.70. The lowest BCUT2D eigenvalue weighted by Gasteiger charge is -2.26. The van der Waals surface area contributed by atoms with Gasteiger partial charge in [0.15, 0.2) is 0 Å². The first-order valence-corrected chi connectivity index (χ1v) is 4.93. The van der Waals surface area contributed by atoms with Crippen molar-refractivity contribution < 1.29 is 4.74 Å². The summed E-state index contributed by atoms with van der Waals surface area (Å²) in [6.07, 6.45) is 1.17. The number of hydrogen-bond donors (Lipinski definition) is 0. The van der Waals surface area contributed by atoms with Crippen LogP contribution in [-0.4, -0.2) is 37.2 Å². The maximum Gasteiger partial charge on any atom is 0.0752 e. The normalized spacial score (nSPS) is 23.8. The second-order valence-corrected chi connectivity index (χ2v) is 3.70. The minimum absolute atomic E-state index is 0.0608. The first-order chi connectivity index (χ1) is 5.60. The van der Waals surface area contributed by atoms with E-state index in [4.69, 9.17) is 4.74 Å². The molecule has 0 unspecified atom stereocenters. The summed E-state index contributed by atoms with van der Waals surface area (Å²) in [5.41, 5.74) is 0.0608. The predicted molar refractivity (Wildman–Crippen MR) is 53.5 cm³/mol. The van der Waals surface area contributed by atoms with Crippen molar-refractivity contribution in [2.24, 2.45) is 0 Å². The summed E-state index contributed by atoms with van der Waals surface area (Å²) in [6.45, 7) is 11.4. The molecule has 0 bridgehead atoms. The summed E-state index contributed by atoms with van der Waals surface area (Å²) in [5.74, 6) is 0. The van der Waals surface area contributed by atoms with Crippen molar-refractivity contribution in [3.8, 4) is 0 Å². The Balaban J connectivity index is 0.000000561. The fraction of sp³-hybridized carbons (Fsp3) is 1.00. The van der Waals surface area contributed by atoms with Crippen LogP contribution in [0.15, 0.2) is 0 Å². The molecule has 0 spiro atoms. The lowest BCUT2D eigenvalue weighted by molar-refractivity contribution is -0.0145. The van der Waals surface area contributed by atoms with E-state index in [0.29, 0.717) is 0 Å². The number of likely N-dealkylation sites (N-methyl/N-ethyl adjacent to an activating group) is 1. The summed E-state index contributed by atoms with van der Waals surface area (Å²) >= 11 is 0. The fourth-order valence-electron chi connectivity index (χ4n) is 1.46. The smallest absolute Gasteiger partial charge is 0.0752 e. The zero-order chi connectivity index (χ0) is 9.61. The molecule has 0 radical (unpaired) electrons. The molecule has 1 aliphatic rings. The molecule has 1 rings (SSSR count). The molecule has 0 atom stereocenters. The van der Waals surface area contributed by atoms with Crippen LogP contribution < -0.4 is 0 Å². The quantitative estimate of drug-likeness (QED) is 0.556. The summed E-state index contributed by atoms with van der Waals surface area (Å²) in [5, 5.41) is 0. The molecule has 1 saturated heterocycles. The molecule has 1 fully saturated rings. The molecule has 0 aromatic carbocycles. The van der Waals surface area contributed by atoms with Crippen molar-refractivity contribution >= 4 is 0 Å². The van der Waals surface area contributed by atoms with Gasteiger partial charge in [-0.3, -0.25) is 0 Å². The molecule has 0 aromatic rings. The summed E-state index contributed by atoms with van der Waals surface area (Å²) < 4.78 is 5.62. The maximum atomic E-state index is 5.62. The summed E-state index contributed by atoms with van der Waals surface area (Å²) in [7, 11) is 2.15. The van der Waals surface area contributed by atoms with Crippen LogP contribution in [0, 0.1) is 0 Å². The zero-order valence-electron chi connectivity index (χ0n) is 9.18. The molecular weight excluding hydrogens is 150 g/mol. The fourth-order valence-corrected chi connectivity index (χ4v) is 1.46. The molecule has 2 nitrogen and oxygen atoms in total. The average Bonchev–Trinajstić information content (AvgIpc) is 2.14. The highest BCUT2D eigenvalue weighted by Crippen LogP contribution is 2.14. The van der Waals surface area contributed by atoms with E-state index >= 15 is 0 Å². The molecular formula is C10H23NO. The lowest BCUT2D eigenvalue weighted by Crippen LogP contribution is -2.36. The molecule has 0 saturated carbocycles. The SMILES string of the molecule is CC.CN1CCCOC(C)(C)C1. The number of nitrogens with zero attached hydrogens (tertiary/aromatic N) is 1. The average molecular weight is 173 g/mol. The lowest BCUT2D eigenvalue weighted by atomic mass is 10.1. The van der Waals surface area contributed by atoms with Crippen molar-refractivity contribution in [2.75, 3.05) is 26.7 Å². The molecule has 0 N–H and O–H groups in total. The monoisotopic (exact) mass is 173 g/mol. The van der Waals surface area contributed by atoms with Crippen molar-refractivity contribution in [1.29, 1.82) is 0 Å². The topological polar surface area (TPSA) is 12.5 Å². The molecule has 0 aromatic heterocycles. The van der Waals surface area contributed by atoms with Gasteiger partial charge < -0.3 is 9.64 Å². The Morgan fingerprint density at radius 1 is 1.25 bits per heavy atom. The Hall–Kier alpha value is -0.0800. The van der Waals surface area contributed by atoms with Crippen molar-refractivity contribution in [1.82, 2.24) is 4.90 Å². The van der Waals surface area contributed by atoms with E-state index in [1.54, 1.807) is 0 Å². The molecule has 74 valence electrons. The van der Waals surface area contributed by atoms with E-state index < -0.39 is 0 Å². The van der Waals surface area contributed by atoms with Gasteiger partial charge in [-0.15, -0.1) is 0 Å². The van der Waals surface area contributed by atoms with Gasteiger partial charge in [0, 0.05) is 19.7 Å². The third kappa shape index (κ3) is 4.73. The highest BCUT2D eigenvalue weighted by Gasteiger charge is 2.22. The van der Waals surface area contributed by atoms with Gasteiger partial charge in [0.25, 0.3) is 0 Å². The Morgan fingerprint density at radius 3 is 2.42 bits per heavy atom. The minimum Gasteiger partial charge on any atom is -0.374 e. The number of rotatable bonds is 0. The molecule has 1 aliphatic heterocycles. The molecule has 2 heteroatoms. The van der Waals surface area contributed by atoms with E-state index in [2.05, 4.69) is 25.8 Å². The van der Waals surface area contributed by atoms with Gasteiger partial charge in [0.05, 0.1) is 5.60 Å². The van der Waals surface area contributed by atoms with Crippen LogP contribution in [0.3, 0.4) is 0 Å². The van der Waals surface area contributed by atoms with Crippen LogP contribution in [0.1, 0.15) is 34.1 Å². The standard InChI is InChI=1S/C8H17NO.C2H6/c1-8(2)7-9(3)5-4-6-10-8;1-2/h4-7H2,1-3H3;1-2H3. The van der Waals surface area contributed by atoms with Crippen LogP contribution >= 0.6 is 0 Å². The van der Waals surface area contributed by atoms with E-state index in [1.165, 1.54) is 13.0 Å². The first-order valence-electron chi connectivity index (χ1n) is 4.93. The van der Waals surface area contributed by atoms with Crippen LogP contribution in [0.5, 0.6) is 0 Å². The third-order valence-corrected chi connectivity index (χ3v) is 1.83. The summed E-state index contributed by atoms with van der Waals surface area (Å²) in [6, 6.07) is 0. The Morgan fingerprint density at radius 2 is 1.83 bits per heavy atom. The van der Waals surface area contributed by atoms with Gasteiger partial charge in [-0.2, -0.15) is 0 Å². The second kappa shape index (κ2) is 5.55. The van der Waals surface area contributed by atoms with Gasteiger partial charge in [-0.25, -0.2) is 0 Å². The van der Waals surface area contributed by atoms with Crippen LogP contribution in [0.2, 0.25) is 0 Å². The van der Waals surface area contributed by atoms with Gasteiger partial charge in [-0.1, -0.05) is 13.8 Å². The van der Waals surface area contributed by atoms with E-state index in [9.17, 15) is 0 Å². The van der Waals surface area contributed by atoms with Crippen molar-refractivity contribution in [3.63, 3.8) is 0 Å². The van der Waals surface area contributed by atoms with Gasteiger partial charge in [-0.05, 0) is 27.3 Å². The Kier molecular flexibility index (Phi) is 5.51. The minimum atomic E-state index is 0.0608. The highest BCUT2D eigenvalue weighted by molar-refractivity contribution is 4.75. The summed E-state index contributed by atoms with van der Waals surface area (Å²) in [4.78, 5) is 2.33. The van der Waals surface area contributed by atoms with E-state index in [1.807, 2.05) is 13.8 Å². The van der Waals surface area contributed by atoms with Crippen LogP contribution in [0.25, 0.3) is 0 Å². The number of ether oxygens (including phenoxy) is 1. The van der Waals surface area contributed by atoms with Gasteiger partial charge >= 0.3 is 0 Å². The third-order valence-electron chi connectivity index (χ3n) is 1.83. The van der Waals surface area contributed by atoms with Gasteiger partial charge in [0.2, 0.25) is 0 Å². The van der Waals surface area contributed by atoms with E-state index in [0.717, 1.165) is 13.2 Å². The maximum absolute atomic E-state index is 5.62.